The Morgan fingerprint density at radius 3 is 2.41 bits per heavy atom. The van der Waals surface area contributed by atoms with E-state index in [9.17, 15) is 13.2 Å². The van der Waals surface area contributed by atoms with Gasteiger partial charge >= 0.3 is 0 Å². The van der Waals surface area contributed by atoms with E-state index in [-0.39, 0.29) is 10.8 Å². The molecule has 1 amide bonds. The summed E-state index contributed by atoms with van der Waals surface area (Å²) < 4.78 is 37.6. The number of sulfonamides is 1. The predicted molar refractivity (Wildman–Crippen MR) is 102 cm³/mol. The Morgan fingerprint density at radius 1 is 1.11 bits per heavy atom. The van der Waals surface area contributed by atoms with Crippen LogP contribution < -0.4 is 10.1 Å². The lowest BCUT2D eigenvalue weighted by Gasteiger charge is -2.26. The zero-order valence-corrected chi connectivity index (χ0v) is 16.1. The van der Waals surface area contributed by atoms with Gasteiger partial charge in [0.05, 0.1) is 30.9 Å². The molecule has 0 saturated carbocycles. The number of rotatable bonds is 5. The molecule has 1 saturated heterocycles. The molecule has 8 heteroatoms. The number of hydrogen-bond acceptors (Lipinski definition) is 5. The van der Waals surface area contributed by atoms with Gasteiger partial charge in [0.2, 0.25) is 10.0 Å². The Kier molecular flexibility index (Phi) is 5.79. The summed E-state index contributed by atoms with van der Waals surface area (Å²) in [6.45, 7) is 3.28. The minimum atomic E-state index is -3.67. The second-order valence-electron chi connectivity index (χ2n) is 6.20. The highest BCUT2D eigenvalue weighted by molar-refractivity contribution is 7.89. The van der Waals surface area contributed by atoms with Gasteiger partial charge in [0, 0.05) is 18.7 Å². The van der Waals surface area contributed by atoms with E-state index >= 15 is 0 Å². The number of methoxy groups -OCH3 is 1. The van der Waals surface area contributed by atoms with Crippen molar-refractivity contribution in [2.75, 3.05) is 38.7 Å². The number of hydrogen-bond donors (Lipinski definition) is 1. The molecule has 0 radical (unpaired) electrons. The SMILES string of the molecule is COc1ccc(S(=O)(=O)N2CCOCC2)cc1NC(=O)c1ccc(C)cc1. The second kappa shape index (κ2) is 8.08. The third kappa shape index (κ3) is 4.29. The van der Waals surface area contributed by atoms with E-state index in [0.717, 1.165) is 5.56 Å². The maximum Gasteiger partial charge on any atom is 0.255 e. The first-order valence-corrected chi connectivity index (χ1v) is 10.00. The molecule has 0 unspecified atom stereocenters. The Hall–Kier alpha value is -2.42. The number of nitrogens with zero attached hydrogens (tertiary/aromatic N) is 1. The van der Waals surface area contributed by atoms with Gasteiger partial charge in [-0.05, 0) is 37.3 Å². The largest absolute Gasteiger partial charge is 0.495 e. The van der Waals surface area contributed by atoms with Crippen LogP contribution in [0.3, 0.4) is 0 Å². The number of anilines is 1. The van der Waals surface area contributed by atoms with Gasteiger partial charge in [-0.2, -0.15) is 4.31 Å². The van der Waals surface area contributed by atoms with Gasteiger partial charge < -0.3 is 14.8 Å². The molecule has 0 bridgehead atoms. The van der Waals surface area contributed by atoms with Crippen molar-refractivity contribution >= 4 is 21.6 Å². The minimum absolute atomic E-state index is 0.101. The average molecular weight is 390 g/mol. The van der Waals surface area contributed by atoms with Crippen molar-refractivity contribution in [1.29, 1.82) is 0 Å². The molecular formula is C19H22N2O5S. The van der Waals surface area contributed by atoms with E-state index < -0.39 is 10.0 Å². The molecule has 0 spiro atoms. The molecule has 1 aliphatic rings. The summed E-state index contributed by atoms with van der Waals surface area (Å²) in [5, 5.41) is 2.74. The highest BCUT2D eigenvalue weighted by Crippen LogP contribution is 2.29. The maximum absolute atomic E-state index is 12.8. The van der Waals surface area contributed by atoms with E-state index in [0.29, 0.717) is 43.3 Å². The van der Waals surface area contributed by atoms with Crippen LogP contribution in [0.25, 0.3) is 0 Å². The summed E-state index contributed by atoms with van der Waals surface area (Å²) in [7, 11) is -2.20. The molecule has 2 aromatic rings. The summed E-state index contributed by atoms with van der Waals surface area (Å²) in [5.74, 6) is 0.0469. The van der Waals surface area contributed by atoms with Crippen molar-refractivity contribution in [2.24, 2.45) is 0 Å². The molecule has 144 valence electrons. The van der Waals surface area contributed by atoms with E-state index in [4.69, 9.17) is 9.47 Å². The van der Waals surface area contributed by atoms with Crippen LogP contribution in [-0.2, 0) is 14.8 Å². The number of amides is 1. The number of ether oxygens (including phenoxy) is 2. The number of benzene rings is 2. The van der Waals surface area contributed by atoms with Gasteiger partial charge in [-0.15, -0.1) is 0 Å². The van der Waals surface area contributed by atoms with Crippen LogP contribution in [0.5, 0.6) is 5.75 Å². The third-order valence-corrected chi connectivity index (χ3v) is 6.24. The lowest BCUT2D eigenvalue weighted by atomic mass is 10.1. The molecule has 1 N–H and O–H groups in total. The van der Waals surface area contributed by atoms with Crippen molar-refractivity contribution in [3.8, 4) is 5.75 Å². The van der Waals surface area contributed by atoms with Crippen LogP contribution in [0, 0.1) is 6.92 Å². The lowest BCUT2D eigenvalue weighted by molar-refractivity contribution is 0.0730. The van der Waals surface area contributed by atoms with Gasteiger partial charge in [0.1, 0.15) is 5.75 Å². The highest BCUT2D eigenvalue weighted by Gasteiger charge is 2.27. The van der Waals surface area contributed by atoms with E-state index in [1.54, 1.807) is 12.1 Å². The molecule has 1 aliphatic heterocycles. The lowest BCUT2D eigenvalue weighted by Crippen LogP contribution is -2.40. The fraction of sp³-hybridized carbons (Fsp3) is 0.316. The van der Waals surface area contributed by atoms with Crippen molar-refractivity contribution < 1.29 is 22.7 Å². The van der Waals surface area contributed by atoms with Gasteiger partial charge in [-0.25, -0.2) is 8.42 Å². The van der Waals surface area contributed by atoms with Crippen LogP contribution in [0.2, 0.25) is 0 Å². The number of morpholine rings is 1. The monoisotopic (exact) mass is 390 g/mol. The number of nitrogens with one attached hydrogen (secondary N) is 1. The third-order valence-electron chi connectivity index (χ3n) is 4.34. The first kappa shape index (κ1) is 19.3. The molecule has 3 rings (SSSR count). The fourth-order valence-corrected chi connectivity index (χ4v) is 4.22. The highest BCUT2D eigenvalue weighted by atomic mass is 32.2. The fourth-order valence-electron chi connectivity index (χ4n) is 2.78. The van der Waals surface area contributed by atoms with Crippen LogP contribution in [0.4, 0.5) is 5.69 Å². The molecule has 0 atom stereocenters. The quantitative estimate of drug-likeness (QED) is 0.847. The average Bonchev–Trinajstić information content (AvgIpc) is 2.69. The molecular weight excluding hydrogens is 368 g/mol. The summed E-state index contributed by atoms with van der Waals surface area (Å²) in [6, 6.07) is 11.5. The maximum atomic E-state index is 12.8. The van der Waals surface area contributed by atoms with Crippen molar-refractivity contribution in [3.05, 3.63) is 53.6 Å². The van der Waals surface area contributed by atoms with Gasteiger partial charge in [-0.3, -0.25) is 4.79 Å². The summed E-state index contributed by atoms with van der Waals surface area (Å²) in [6.07, 6.45) is 0. The Morgan fingerprint density at radius 2 is 1.78 bits per heavy atom. The molecule has 7 nitrogen and oxygen atoms in total. The number of aryl methyl sites for hydroxylation is 1. The second-order valence-corrected chi connectivity index (χ2v) is 8.14. The van der Waals surface area contributed by atoms with Gasteiger partial charge in [0.15, 0.2) is 0 Å². The molecule has 27 heavy (non-hydrogen) atoms. The van der Waals surface area contributed by atoms with Gasteiger partial charge in [-0.1, -0.05) is 17.7 Å². The zero-order chi connectivity index (χ0) is 19.4. The van der Waals surface area contributed by atoms with Gasteiger partial charge in [0.25, 0.3) is 5.91 Å². The Bertz CT molecular complexity index is 920. The molecule has 0 aromatic heterocycles. The van der Waals surface area contributed by atoms with Crippen LogP contribution >= 0.6 is 0 Å². The summed E-state index contributed by atoms with van der Waals surface area (Å²) in [4.78, 5) is 12.6. The minimum Gasteiger partial charge on any atom is -0.495 e. The van der Waals surface area contributed by atoms with E-state index in [2.05, 4.69) is 5.32 Å². The van der Waals surface area contributed by atoms with E-state index in [1.165, 1.54) is 29.6 Å². The summed E-state index contributed by atoms with van der Waals surface area (Å²) in [5.41, 5.74) is 1.82. The van der Waals surface area contributed by atoms with Crippen LogP contribution in [0.15, 0.2) is 47.4 Å². The summed E-state index contributed by atoms with van der Waals surface area (Å²) >= 11 is 0. The van der Waals surface area contributed by atoms with E-state index in [1.807, 2.05) is 19.1 Å². The molecule has 1 fully saturated rings. The zero-order valence-electron chi connectivity index (χ0n) is 15.3. The molecule has 2 aromatic carbocycles. The van der Waals surface area contributed by atoms with Crippen molar-refractivity contribution in [2.45, 2.75) is 11.8 Å². The van der Waals surface area contributed by atoms with Crippen molar-refractivity contribution in [1.82, 2.24) is 4.31 Å². The molecule has 1 heterocycles. The number of carbonyl (C=O) groups is 1. The van der Waals surface area contributed by atoms with Crippen LogP contribution in [0.1, 0.15) is 15.9 Å². The molecule has 0 aliphatic carbocycles. The van der Waals surface area contributed by atoms with Crippen molar-refractivity contribution in [3.63, 3.8) is 0 Å². The first-order valence-electron chi connectivity index (χ1n) is 8.56. The first-order chi connectivity index (χ1) is 12.9. The van der Waals surface area contributed by atoms with Crippen LogP contribution in [-0.4, -0.2) is 52.0 Å². The topological polar surface area (TPSA) is 84.9 Å². The predicted octanol–water partition coefficient (Wildman–Crippen LogP) is 2.28. The number of carbonyl (C=O) groups excluding carboxylic acids is 1. The standard InChI is InChI=1S/C19H22N2O5S/c1-14-3-5-15(6-4-14)19(22)20-17-13-16(7-8-18(17)25-2)27(23,24)21-9-11-26-12-10-21/h3-8,13H,9-12H2,1-2H3,(H,20,22). The normalized spacial score (nSPS) is 15.3. The Balaban J connectivity index is 1.89. The smallest absolute Gasteiger partial charge is 0.255 e. The Labute approximate surface area is 158 Å².